The Kier molecular flexibility index (Phi) is 9.18. The van der Waals surface area contributed by atoms with Crippen LogP contribution in [0.1, 0.15) is 36.7 Å². The van der Waals surface area contributed by atoms with Crippen LogP contribution in [0.3, 0.4) is 0 Å². The SMILES string of the molecule is CCOc1nc2cccc(C(=O)OC(C)(C)OC(=O)O[C@@H]3CO[C@@H]4[C@H]3OC[C@H]4OC)c2n1Cc1ccc(-c2ccccc2-c2nn[nH]n2)cc1. The summed E-state index contributed by atoms with van der Waals surface area (Å²) in [5, 5.41) is 14.5. The van der Waals surface area contributed by atoms with Gasteiger partial charge in [-0.15, -0.1) is 10.2 Å². The molecule has 1 N–H and O–H groups in total. The summed E-state index contributed by atoms with van der Waals surface area (Å²) in [6.45, 7) is 5.94. The summed E-state index contributed by atoms with van der Waals surface area (Å²) in [7, 11) is 1.57. The minimum atomic E-state index is -1.68. The zero-order valence-corrected chi connectivity index (χ0v) is 27.9. The van der Waals surface area contributed by atoms with E-state index in [4.69, 9.17) is 33.2 Å². The number of ether oxygens (including phenoxy) is 7. The van der Waals surface area contributed by atoms with Gasteiger partial charge in [0.2, 0.25) is 5.82 Å². The number of carbonyl (C=O) groups is 2. The maximum Gasteiger partial charge on any atom is 0.512 e. The molecule has 0 radical (unpaired) electrons. The Morgan fingerprint density at radius 2 is 1.68 bits per heavy atom. The van der Waals surface area contributed by atoms with Crippen molar-refractivity contribution in [3.05, 3.63) is 77.9 Å². The van der Waals surface area contributed by atoms with Gasteiger partial charge in [0.1, 0.15) is 18.3 Å². The monoisotopic (exact) mass is 684 g/mol. The van der Waals surface area contributed by atoms with Gasteiger partial charge in [0.25, 0.3) is 11.8 Å². The number of hydrogen-bond donors (Lipinski definition) is 1. The normalized spacial score (nSPS) is 20.1. The lowest BCUT2D eigenvalue weighted by atomic mass is 9.98. The van der Waals surface area contributed by atoms with Crippen LogP contribution in [0.25, 0.3) is 33.5 Å². The van der Waals surface area contributed by atoms with Crippen LogP contribution in [0, 0.1) is 0 Å². The van der Waals surface area contributed by atoms with Gasteiger partial charge < -0.3 is 33.2 Å². The van der Waals surface area contributed by atoms with Crippen molar-refractivity contribution in [2.24, 2.45) is 0 Å². The number of tetrazole rings is 1. The quantitative estimate of drug-likeness (QED) is 0.152. The standard InChI is InChI=1S/C35H36N6O9/c1-5-45-33-36-25-12-8-11-24(32(42)49-35(2,3)50-34(43)48-27-19-47-29-26(44-4)18-46-30(27)29)28(25)41(33)17-20-13-15-21(16-14-20)22-9-6-7-10-23(22)31-37-39-40-38-31/h6-16,26-27,29-30H,5,17-19H2,1-4H3,(H,37,38,39,40)/t26-,27-,29+,30+/m1/s1. The first-order valence-electron chi connectivity index (χ1n) is 16.2. The van der Waals surface area contributed by atoms with Crippen molar-refractivity contribution in [3.8, 4) is 28.5 Å². The predicted molar refractivity (Wildman–Crippen MR) is 176 cm³/mol. The first-order valence-corrected chi connectivity index (χ1v) is 16.2. The number of methoxy groups -OCH3 is 1. The molecule has 2 fully saturated rings. The van der Waals surface area contributed by atoms with E-state index in [0.717, 1.165) is 22.3 Å². The van der Waals surface area contributed by atoms with Crippen LogP contribution >= 0.6 is 0 Å². The Hall–Kier alpha value is -5.38. The maximum absolute atomic E-state index is 13.7. The fraction of sp³-hybridized carbons (Fsp3) is 0.371. The molecule has 50 heavy (non-hydrogen) atoms. The molecule has 0 aliphatic carbocycles. The lowest BCUT2D eigenvalue weighted by Gasteiger charge is -2.26. The molecular formula is C35H36N6O9. The molecule has 260 valence electrons. The number of nitrogens with zero attached hydrogens (tertiary/aromatic N) is 5. The smallest absolute Gasteiger partial charge is 0.465 e. The van der Waals surface area contributed by atoms with Crippen LogP contribution in [-0.4, -0.2) is 99.4 Å². The Morgan fingerprint density at radius 1 is 0.940 bits per heavy atom. The summed E-state index contributed by atoms with van der Waals surface area (Å²) in [4.78, 5) is 31.2. The molecular weight excluding hydrogens is 648 g/mol. The first kappa shape index (κ1) is 33.1. The van der Waals surface area contributed by atoms with E-state index in [1.807, 2.05) is 60.0 Å². The van der Waals surface area contributed by atoms with Gasteiger partial charge in [0.05, 0.1) is 43.0 Å². The van der Waals surface area contributed by atoms with Crippen molar-refractivity contribution >= 4 is 23.2 Å². The van der Waals surface area contributed by atoms with E-state index in [0.29, 0.717) is 42.6 Å². The Morgan fingerprint density at radius 3 is 2.40 bits per heavy atom. The average molecular weight is 685 g/mol. The number of aromatic nitrogens is 6. The van der Waals surface area contributed by atoms with Gasteiger partial charge in [-0.25, -0.2) is 9.59 Å². The van der Waals surface area contributed by atoms with Crippen LogP contribution in [0.5, 0.6) is 6.01 Å². The summed E-state index contributed by atoms with van der Waals surface area (Å²) in [5.41, 5.74) is 4.96. The minimum absolute atomic E-state index is 0.134. The highest BCUT2D eigenvalue weighted by atomic mass is 16.8. The average Bonchev–Trinajstić information content (AvgIpc) is 3.91. The number of imidazole rings is 1. The molecule has 3 aromatic carbocycles. The molecule has 0 unspecified atom stereocenters. The van der Waals surface area contributed by atoms with Gasteiger partial charge in [0, 0.05) is 26.5 Å². The molecule has 4 atom stereocenters. The van der Waals surface area contributed by atoms with E-state index in [9.17, 15) is 9.59 Å². The fourth-order valence-corrected chi connectivity index (χ4v) is 6.27. The second-order valence-electron chi connectivity index (χ2n) is 12.2. The van der Waals surface area contributed by atoms with Crippen molar-refractivity contribution < 1.29 is 42.7 Å². The van der Waals surface area contributed by atoms with Crippen molar-refractivity contribution in [2.45, 2.75) is 57.5 Å². The largest absolute Gasteiger partial charge is 0.512 e. The predicted octanol–water partition coefficient (Wildman–Crippen LogP) is 4.56. The zero-order chi connectivity index (χ0) is 34.8. The van der Waals surface area contributed by atoms with Gasteiger partial charge in [0.15, 0.2) is 6.10 Å². The number of nitrogens with one attached hydrogen (secondary N) is 1. The number of hydrogen-bond acceptors (Lipinski definition) is 13. The third kappa shape index (κ3) is 6.62. The molecule has 0 amide bonds. The van der Waals surface area contributed by atoms with E-state index in [1.54, 1.807) is 25.3 Å². The number of H-pyrrole nitrogens is 1. The highest BCUT2D eigenvalue weighted by Gasteiger charge is 2.50. The fourth-order valence-electron chi connectivity index (χ4n) is 6.27. The molecule has 0 bridgehead atoms. The summed E-state index contributed by atoms with van der Waals surface area (Å²) in [5.74, 6) is -1.90. The maximum atomic E-state index is 13.7. The Bertz CT molecular complexity index is 1980. The van der Waals surface area contributed by atoms with Gasteiger partial charge in [-0.1, -0.05) is 54.6 Å². The molecule has 0 saturated carbocycles. The molecule has 15 nitrogen and oxygen atoms in total. The molecule has 5 aromatic rings. The Labute approximate surface area is 286 Å². The van der Waals surface area contributed by atoms with Crippen molar-refractivity contribution in [3.63, 3.8) is 0 Å². The number of carbonyl (C=O) groups excluding carboxylic acids is 2. The zero-order valence-electron chi connectivity index (χ0n) is 27.9. The first-order chi connectivity index (χ1) is 24.2. The topological polar surface area (TPSA) is 171 Å². The second kappa shape index (κ2) is 13.9. The number of aromatic amines is 1. The molecule has 2 aromatic heterocycles. The van der Waals surface area contributed by atoms with Gasteiger partial charge in [-0.2, -0.15) is 10.2 Å². The van der Waals surface area contributed by atoms with E-state index >= 15 is 0 Å². The molecule has 2 saturated heterocycles. The minimum Gasteiger partial charge on any atom is -0.465 e. The number of fused-ring (bicyclic) bond motifs is 2. The third-order valence-corrected chi connectivity index (χ3v) is 8.52. The van der Waals surface area contributed by atoms with Crippen LogP contribution in [0.15, 0.2) is 66.7 Å². The molecule has 4 heterocycles. The van der Waals surface area contributed by atoms with E-state index in [2.05, 4.69) is 25.6 Å². The summed E-state index contributed by atoms with van der Waals surface area (Å²) < 4.78 is 41.2. The van der Waals surface area contributed by atoms with Crippen molar-refractivity contribution in [1.29, 1.82) is 0 Å². The highest BCUT2D eigenvalue weighted by Crippen LogP contribution is 2.33. The summed E-state index contributed by atoms with van der Waals surface area (Å²) >= 11 is 0. The molecule has 2 aliphatic rings. The summed E-state index contributed by atoms with van der Waals surface area (Å²) in [6.07, 6.45) is -2.76. The van der Waals surface area contributed by atoms with Crippen LogP contribution in [0.2, 0.25) is 0 Å². The van der Waals surface area contributed by atoms with Gasteiger partial charge >= 0.3 is 12.1 Å². The van der Waals surface area contributed by atoms with Crippen molar-refractivity contribution in [2.75, 3.05) is 26.9 Å². The third-order valence-electron chi connectivity index (χ3n) is 8.52. The molecule has 7 rings (SSSR count). The molecule has 0 spiro atoms. The number of esters is 1. The van der Waals surface area contributed by atoms with Crippen LogP contribution < -0.4 is 4.74 Å². The van der Waals surface area contributed by atoms with Crippen LogP contribution in [-0.2, 0) is 35.0 Å². The van der Waals surface area contributed by atoms with Gasteiger partial charge in [-0.3, -0.25) is 4.57 Å². The number of benzene rings is 3. The lowest BCUT2D eigenvalue weighted by molar-refractivity contribution is -0.162. The van der Waals surface area contributed by atoms with Gasteiger partial charge in [-0.05, 0) is 41.0 Å². The van der Waals surface area contributed by atoms with E-state index in [-0.39, 0.29) is 24.4 Å². The highest BCUT2D eigenvalue weighted by molar-refractivity contribution is 6.02. The molecule has 2 aliphatic heterocycles. The second-order valence-corrected chi connectivity index (χ2v) is 12.2. The van der Waals surface area contributed by atoms with E-state index < -0.39 is 30.1 Å². The number of para-hydroxylation sites is 1. The lowest BCUT2D eigenvalue weighted by Crippen LogP contribution is -2.38. The van der Waals surface area contributed by atoms with E-state index in [1.165, 1.54) is 13.8 Å². The molecule has 15 heteroatoms. The summed E-state index contributed by atoms with van der Waals surface area (Å²) in [6, 6.07) is 21.3. The van der Waals surface area contributed by atoms with Crippen molar-refractivity contribution in [1.82, 2.24) is 30.2 Å². The van der Waals surface area contributed by atoms with Crippen LogP contribution in [0.4, 0.5) is 4.79 Å². The Balaban J connectivity index is 1.09. The number of rotatable bonds is 11.